The van der Waals surface area contributed by atoms with Gasteiger partial charge < -0.3 is 9.97 Å². The second-order valence-corrected chi connectivity index (χ2v) is 7.98. The molecule has 0 atom stereocenters. The number of nitrogens with zero attached hydrogens (tertiary/aromatic N) is 4. The average molecular weight is 669 g/mol. The van der Waals surface area contributed by atoms with Crippen LogP contribution in [0.15, 0.2) is 61.1 Å². The maximum Gasteiger partial charge on any atom is 2.00 e. The van der Waals surface area contributed by atoms with Gasteiger partial charge >= 0.3 is 33.4 Å². The van der Waals surface area contributed by atoms with Gasteiger partial charge in [0.05, 0.1) is 16.7 Å². The Kier molecular flexibility index (Phi) is 7.27. The Morgan fingerprint density at radius 3 is 2.23 bits per heavy atom. The van der Waals surface area contributed by atoms with E-state index < -0.39 is 28.9 Å². The van der Waals surface area contributed by atoms with Crippen molar-refractivity contribution in [3.63, 3.8) is 0 Å². The standard InChI is InChI=1S/C24H16F6N4.Pt/c1-22(2,20-7-3-6-19(32-20)15-5-4-12-31-13-15)21-18(24(28,29)30)14-34(33-21)17-10-8-16(9-11-17)23(25,26)27;/h3-4,6-10,12-14H,1-2H3;/q-2;+2. The molecule has 3 aromatic heterocycles. The van der Waals surface area contributed by atoms with Gasteiger partial charge in [-0.15, -0.1) is 23.8 Å². The second kappa shape index (κ2) is 9.57. The van der Waals surface area contributed by atoms with Crippen LogP contribution in [0.2, 0.25) is 0 Å². The van der Waals surface area contributed by atoms with Gasteiger partial charge in [-0.2, -0.15) is 49.6 Å². The van der Waals surface area contributed by atoms with Crippen LogP contribution in [0.5, 0.6) is 0 Å². The van der Waals surface area contributed by atoms with Gasteiger partial charge in [-0.3, -0.25) is 4.68 Å². The molecule has 0 bridgehead atoms. The summed E-state index contributed by atoms with van der Waals surface area (Å²) in [7, 11) is 0. The topological polar surface area (TPSA) is 43.6 Å². The van der Waals surface area contributed by atoms with Crippen LogP contribution in [0.1, 0.15) is 36.4 Å². The van der Waals surface area contributed by atoms with Gasteiger partial charge in [0.2, 0.25) is 0 Å². The van der Waals surface area contributed by atoms with Crippen LogP contribution in [0.25, 0.3) is 16.9 Å². The zero-order chi connectivity index (χ0) is 24.7. The SMILES string of the molecule is CC(C)(c1cccc(-c2[c-]ccnc2)n1)c1nn(-c2[c-]cc(C(F)(F)F)cc2)cc1C(F)(F)F.[Pt+2]. The summed E-state index contributed by atoms with van der Waals surface area (Å²) >= 11 is 0. The average Bonchev–Trinajstić information content (AvgIpc) is 3.27. The van der Waals surface area contributed by atoms with Gasteiger partial charge in [-0.1, -0.05) is 30.1 Å². The van der Waals surface area contributed by atoms with Crippen LogP contribution in [-0.4, -0.2) is 19.7 Å². The minimum absolute atomic E-state index is 0. The molecule has 0 radical (unpaired) electrons. The number of aromatic nitrogens is 4. The zero-order valence-electron chi connectivity index (χ0n) is 18.1. The molecule has 0 aliphatic heterocycles. The molecule has 0 saturated carbocycles. The van der Waals surface area contributed by atoms with E-state index in [9.17, 15) is 26.3 Å². The summed E-state index contributed by atoms with van der Waals surface area (Å²) < 4.78 is 81.2. The van der Waals surface area contributed by atoms with Crippen molar-refractivity contribution in [2.24, 2.45) is 0 Å². The first-order chi connectivity index (χ1) is 15.9. The van der Waals surface area contributed by atoms with Crippen molar-refractivity contribution in [3.05, 3.63) is 95.7 Å². The maximum absolute atomic E-state index is 13.9. The fourth-order valence-corrected chi connectivity index (χ4v) is 3.42. The maximum atomic E-state index is 13.9. The Morgan fingerprint density at radius 1 is 0.914 bits per heavy atom. The molecule has 0 fully saturated rings. The van der Waals surface area contributed by atoms with E-state index in [1.165, 1.54) is 12.4 Å². The fraction of sp³-hybridized carbons (Fsp3) is 0.208. The molecule has 35 heavy (non-hydrogen) atoms. The molecule has 0 spiro atoms. The third kappa shape index (κ3) is 5.48. The molecule has 4 aromatic rings. The van der Waals surface area contributed by atoms with E-state index in [0.717, 1.165) is 23.0 Å². The van der Waals surface area contributed by atoms with Gasteiger partial charge in [0.1, 0.15) is 0 Å². The smallest absolute Gasteiger partial charge is 0.360 e. The van der Waals surface area contributed by atoms with Crippen molar-refractivity contribution in [3.8, 4) is 16.9 Å². The van der Waals surface area contributed by atoms with Gasteiger partial charge in [-0.25, -0.2) is 0 Å². The number of rotatable bonds is 4. The number of halogens is 6. The van der Waals surface area contributed by atoms with Crippen molar-refractivity contribution in [1.82, 2.24) is 19.7 Å². The summed E-state index contributed by atoms with van der Waals surface area (Å²) in [5.74, 6) is 0. The Bertz CT molecular complexity index is 1300. The van der Waals surface area contributed by atoms with Crippen LogP contribution >= 0.6 is 0 Å². The van der Waals surface area contributed by atoms with Crippen LogP contribution in [0.4, 0.5) is 26.3 Å². The van der Waals surface area contributed by atoms with Gasteiger partial charge in [0, 0.05) is 11.9 Å². The number of hydrogen-bond acceptors (Lipinski definition) is 3. The van der Waals surface area contributed by atoms with Crippen molar-refractivity contribution in [2.75, 3.05) is 0 Å². The molecule has 0 saturated heterocycles. The van der Waals surface area contributed by atoms with Crippen molar-refractivity contribution < 1.29 is 47.4 Å². The summed E-state index contributed by atoms with van der Waals surface area (Å²) in [6.07, 6.45) is -5.53. The van der Waals surface area contributed by atoms with Crippen LogP contribution < -0.4 is 0 Å². The van der Waals surface area contributed by atoms with E-state index in [2.05, 4.69) is 27.2 Å². The molecule has 3 heterocycles. The largest absolute Gasteiger partial charge is 2.00 e. The molecule has 4 rings (SSSR count). The molecule has 1 aromatic carbocycles. The normalized spacial score (nSPS) is 12.3. The van der Waals surface area contributed by atoms with E-state index in [1.807, 2.05) is 0 Å². The van der Waals surface area contributed by atoms with E-state index in [0.29, 0.717) is 23.0 Å². The van der Waals surface area contributed by atoms with Crippen LogP contribution in [0.3, 0.4) is 0 Å². The van der Waals surface area contributed by atoms with Crippen LogP contribution in [-0.2, 0) is 38.8 Å². The number of alkyl halides is 6. The molecule has 4 nitrogen and oxygen atoms in total. The van der Waals surface area contributed by atoms with Crippen LogP contribution in [0, 0.1) is 12.1 Å². The first-order valence-corrected chi connectivity index (χ1v) is 9.93. The Morgan fingerprint density at radius 2 is 1.66 bits per heavy atom. The Labute approximate surface area is 211 Å². The van der Waals surface area contributed by atoms with E-state index in [4.69, 9.17) is 0 Å². The fourth-order valence-electron chi connectivity index (χ4n) is 3.42. The molecular formula is C24H16F6N4Pt. The Hall–Kier alpha value is -3.00. The van der Waals surface area contributed by atoms with Gasteiger partial charge in [0.15, 0.2) is 0 Å². The molecule has 11 heteroatoms. The molecule has 0 aliphatic rings. The first-order valence-electron chi connectivity index (χ1n) is 9.93. The second-order valence-electron chi connectivity index (χ2n) is 7.98. The summed E-state index contributed by atoms with van der Waals surface area (Å²) in [5, 5.41) is 4.11. The quantitative estimate of drug-likeness (QED) is 0.190. The monoisotopic (exact) mass is 669 g/mol. The minimum Gasteiger partial charge on any atom is -0.360 e. The minimum atomic E-state index is -4.76. The molecule has 184 valence electrons. The number of benzene rings is 1. The van der Waals surface area contributed by atoms with Crippen molar-refractivity contribution in [1.29, 1.82) is 0 Å². The molecule has 0 amide bonds. The molecular weight excluding hydrogens is 653 g/mol. The summed E-state index contributed by atoms with van der Waals surface area (Å²) in [4.78, 5) is 8.52. The third-order valence-corrected chi connectivity index (χ3v) is 5.25. The van der Waals surface area contributed by atoms with E-state index >= 15 is 0 Å². The first kappa shape index (κ1) is 26.6. The predicted molar refractivity (Wildman–Crippen MR) is 111 cm³/mol. The Balaban J connectivity index is 0.00000342. The summed E-state index contributed by atoms with van der Waals surface area (Å²) in [5.41, 5.74) is -2.32. The predicted octanol–water partition coefficient (Wildman–Crippen LogP) is 6.29. The molecule has 0 N–H and O–H groups in total. The van der Waals surface area contributed by atoms with Crippen molar-refractivity contribution in [2.45, 2.75) is 31.6 Å². The number of hydrogen-bond donors (Lipinski definition) is 0. The summed E-state index contributed by atoms with van der Waals surface area (Å²) in [6, 6.07) is 14.3. The molecule has 0 unspecified atom stereocenters. The van der Waals surface area contributed by atoms with E-state index in [-0.39, 0.29) is 32.4 Å². The van der Waals surface area contributed by atoms with Gasteiger partial charge in [-0.05, 0) is 31.3 Å². The van der Waals surface area contributed by atoms with E-state index in [1.54, 1.807) is 38.1 Å². The van der Waals surface area contributed by atoms with Gasteiger partial charge in [0.25, 0.3) is 0 Å². The number of pyridine rings is 2. The van der Waals surface area contributed by atoms with Crippen molar-refractivity contribution >= 4 is 0 Å². The third-order valence-electron chi connectivity index (χ3n) is 5.25. The summed E-state index contributed by atoms with van der Waals surface area (Å²) in [6.45, 7) is 3.09. The molecule has 0 aliphatic carbocycles. The zero-order valence-corrected chi connectivity index (χ0v) is 20.4.